The molecule has 1 atom stereocenters. The predicted octanol–water partition coefficient (Wildman–Crippen LogP) is 1.66. The molecule has 6 heteroatoms. The number of hydrogen-bond donors (Lipinski definition) is 1. The molecule has 1 aliphatic carbocycles. The molecule has 1 heterocycles. The number of amides is 2. The standard InChI is InChI=1S/C17H26N2O4/c1-18(15(20)10-13-6-3-2-4-7-13)12-16(21)19-9-5-8-14(11-19)17(22)23/h6,14H,2-5,7-12H2,1H3,(H,22,23). The topological polar surface area (TPSA) is 77.9 Å². The van der Waals surface area contributed by atoms with Gasteiger partial charge in [0, 0.05) is 26.6 Å². The van der Waals surface area contributed by atoms with Crippen molar-refractivity contribution >= 4 is 17.8 Å². The molecule has 0 spiro atoms. The van der Waals surface area contributed by atoms with Crippen LogP contribution in [0.5, 0.6) is 0 Å². The minimum Gasteiger partial charge on any atom is -0.481 e. The molecule has 1 unspecified atom stereocenters. The van der Waals surface area contributed by atoms with Gasteiger partial charge in [0.25, 0.3) is 0 Å². The maximum absolute atomic E-state index is 12.3. The van der Waals surface area contributed by atoms with E-state index in [1.165, 1.54) is 16.9 Å². The van der Waals surface area contributed by atoms with Crippen molar-refractivity contribution in [2.45, 2.75) is 44.9 Å². The van der Waals surface area contributed by atoms with Crippen molar-refractivity contribution in [1.29, 1.82) is 0 Å². The Kier molecular flexibility index (Phi) is 6.19. The zero-order chi connectivity index (χ0) is 16.8. The van der Waals surface area contributed by atoms with E-state index in [2.05, 4.69) is 6.08 Å². The SMILES string of the molecule is CN(CC(=O)N1CCCC(C(=O)O)C1)C(=O)CC1=CCCCC1. The lowest BCUT2D eigenvalue weighted by Gasteiger charge is -2.32. The quantitative estimate of drug-likeness (QED) is 0.781. The average Bonchev–Trinajstić information content (AvgIpc) is 2.55. The Morgan fingerprint density at radius 2 is 2.09 bits per heavy atom. The largest absolute Gasteiger partial charge is 0.481 e. The maximum atomic E-state index is 12.3. The molecule has 2 rings (SSSR count). The zero-order valence-electron chi connectivity index (χ0n) is 13.8. The highest BCUT2D eigenvalue weighted by Gasteiger charge is 2.29. The average molecular weight is 322 g/mol. The van der Waals surface area contributed by atoms with E-state index in [1.807, 2.05) is 0 Å². The number of aliphatic carboxylic acids is 1. The van der Waals surface area contributed by atoms with Crippen LogP contribution in [0.25, 0.3) is 0 Å². The maximum Gasteiger partial charge on any atom is 0.308 e. The van der Waals surface area contributed by atoms with Gasteiger partial charge in [-0.25, -0.2) is 0 Å². The number of hydrogen-bond acceptors (Lipinski definition) is 3. The van der Waals surface area contributed by atoms with E-state index in [-0.39, 0.29) is 24.9 Å². The summed E-state index contributed by atoms with van der Waals surface area (Å²) in [6.07, 6.45) is 8.17. The van der Waals surface area contributed by atoms with E-state index in [1.54, 1.807) is 11.9 Å². The molecule has 2 aliphatic rings. The number of piperidine rings is 1. The van der Waals surface area contributed by atoms with Gasteiger partial charge in [-0.2, -0.15) is 0 Å². The molecule has 1 saturated heterocycles. The second-order valence-electron chi connectivity index (χ2n) is 6.55. The van der Waals surface area contributed by atoms with E-state index in [4.69, 9.17) is 5.11 Å². The van der Waals surface area contributed by atoms with Gasteiger partial charge in [0.2, 0.25) is 11.8 Å². The number of carbonyl (C=O) groups excluding carboxylic acids is 2. The van der Waals surface area contributed by atoms with Gasteiger partial charge in [0.15, 0.2) is 0 Å². The number of likely N-dealkylation sites (tertiary alicyclic amines) is 1. The fraction of sp³-hybridized carbons (Fsp3) is 0.706. The summed E-state index contributed by atoms with van der Waals surface area (Å²) in [7, 11) is 1.64. The fourth-order valence-electron chi connectivity index (χ4n) is 3.19. The summed E-state index contributed by atoms with van der Waals surface area (Å²) in [5.41, 5.74) is 1.17. The summed E-state index contributed by atoms with van der Waals surface area (Å²) in [5.74, 6) is -1.54. The normalized spacial score (nSPS) is 21.5. The molecule has 128 valence electrons. The molecule has 0 saturated carbocycles. The first-order valence-corrected chi connectivity index (χ1v) is 8.40. The Balaban J connectivity index is 1.82. The van der Waals surface area contributed by atoms with E-state index in [9.17, 15) is 14.4 Å². The molecule has 1 aliphatic heterocycles. The Bertz CT molecular complexity index is 501. The highest BCUT2D eigenvalue weighted by molar-refractivity contribution is 5.86. The van der Waals surface area contributed by atoms with Crippen LogP contribution in [-0.4, -0.2) is 59.4 Å². The Morgan fingerprint density at radius 3 is 2.74 bits per heavy atom. The molecule has 1 N–H and O–H groups in total. The Morgan fingerprint density at radius 1 is 1.30 bits per heavy atom. The third kappa shape index (κ3) is 5.08. The third-order valence-corrected chi connectivity index (χ3v) is 4.68. The van der Waals surface area contributed by atoms with Crippen molar-refractivity contribution < 1.29 is 19.5 Å². The number of likely N-dealkylation sites (N-methyl/N-ethyl adjacent to an activating group) is 1. The lowest BCUT2D eigenvalue weighted by molar-refractivity contribution is -0.147. The first-order valence-electron chi connectivity index (χ1n) is 8.40. The molecule has 2 amide bonds. The van der Waals surface area contributed by atoms with Gasteiger partial charge in [-0.05, 0) is 38.5 Å². The lowest BCUT2D eigenvalue weighted by Crippen LogP contribution is -2.46. The number of allylic oxidation sites excluding steroid dienone is 1. The van der Waals surface area contributed by atoms with Gasteiger partial charge in [-0.3, -0.25) is 14.4 Å². The molecule has 6 nitrogen and oxygen atoms in total. The van der Waals surface area contributed by atoms with Gasteiger partial charge in [0.1, 0.15) is 0 Å². The van der Waals surface area contributed by atoms with Crippen LogP contribution in [0.4, 0.5) is 0 Å². The zero-order valence-corrected chi connectivity index (χ0v) is 13.8. The van der Waals surface area contributed by atoms with Crippen molar-refractivity contribution in [3.05, 3.63) is 11.6 Å². The predicted molar refractivity (Wildman–Crippen MR) is 85.7 cm³/mol. The van der Waals surface area contributed by atoms with E-state index in [0.29, 0.717) is 25.8 Å². The second kappa shape index (κ2) is 8.13. The summed E-state index contributed by atoms with van der Waals surface area (Å²) in [5, 5.41) is 9.08. The molecule has 0 aromatic heterocycles. The van der Waals surface area contributed by atoms with Crippen LogP contribution in [0, 0.1) is 5.92 Å². The highest BCUT2D eigenvalue weighted by atomic mass is 16.4. The lowest BCUT2D eigenvalue weighted by atomic mass is 9.97. The number of carbonyl (C=O) groups is 3. The van der Waals surface area contributed by atoms with Crippen molar-refractivity contribution in [3.8, 4) is 0 Å². The minimum atomic E-state index is -0.851. The molecular formula is C17H26N2O4. The minimum absolute atomic E-state index is 0.0262. The number of nitrogens with zero attached hydrogens (tertiary/aromatic N) is 2. The monoisotopic (exact) mass is 322 g/mol. The Labute approximate surface area is 137 Å². The third-order valence-electron chi connectivity index (χ3n) is 4.68. The summed E-state index contributed by atoms with van der Waals surface area (Å²) in [6, 6.07) is 0. The van der Waals surface area contributed by atoms with Crippen LogP contribution < -0.4 is 0 Å². The van der Waals surface area contributed by atoms with Gasteiger partial charge < -0.3 is 14.9 Å². The molecule has 1 fully saturated rings. The Hall–Kier alpha value is -1.85. The van der Waals surface area contributed by atoms with Crippen molar-refractivity contribution in [2.75, 3.05) is 26.7 Å². The number of carboxylic acid groups (broad SMARTS) is 1. The first-order chi connectivity index (χ1) is 11.0. The molecule has 0 radical (unpaired) electrons. The summed E-state index contributed by atoms with van der Waals surface area (Å²) >= 11 is 0. The van der Waals surface area contributed by atoms with Gasteiger partial charge >= 0.3 is 5.97 Å². The van der Waals surface area contributed by atoms with Crippen molar-refractivity contribution in [1.82, 2.24) is 9.80 Å². The van der Waals surface area contributed by atoms with Gasteiger partial charge in [-0.15, -0.1) is 0 Å². The van der Waals surface area contributed by atoms with Crippen molar-refractivity contribution in [2.24, 2.45) is 5.92 Å². The van der Waals surface area contributed by atoms with Crippen LogP contribution in [0.1, 0.15) is 44.9 Å². The summed E-state index contributed by atoms with van der Waals surface area (Å²) < 4.78 is 0. The van der Waals surface area contributed by atoms with E-state index >= 15 is 0 Å². The van der Waals surface area contributed by atoms with Gasteiger partial charge in [-0.1, -0.05) is 11.6 Å². The number of carboxylic acids is 1. The van der Waals surface area contributed by atoms with Crippen LogP contribution in [0.3, 0.4) is 0 Å². The van der Waals surface area contributed by atoms with Crippen LogP contribution in [-0.2, 0) is 14.4 Å². The number of rotatable bonds is 5. The second-order valence-corrected chi connectivity index (χ2v) is 6.55. The summed E-state index contributed by atoms with van der Waals surface area (Å²) in [4.78, 5) is 38.6. The molecule has 0 bridgehead atoms. The van der Waals surface area contributed by atoms with Crippen LogP contribution >= 0.6 is 0 Å². The van der Waals surface area contributed by atoms with Crippen molar-refractivity contribution in [3.63, 3.8) is 0 Å². The molecular weight excluding hydrogens is 296 g/mol. The van der Waals surface area contributed by atoms with Crippen LogP contribution in [0.2, 0.25) is 0 Å². The van der Waals surface area contributed by atoms with E-state index in [0.717, 1.165) is 19.3 Å². The van der Waals surface area contributed by atoms with Gasteiger partial charge in [0.05, 0.1) is 12.5 Å². The molecule has 0 aromatic rings. The molecule has 0 aromatic carbocycles. The van der Waals surface area contributed by atoms with Crippen LogP contribution in [0.15, 0.2) is 11.6 Å². The fourth-order valence-corrected chi connectivity index (χ4v) is 3.19. The smallest absolute Gasteiger partial charge is 0.308 e. The highest BCUT2D eigenvalue weighted by Crippen LogP contribution is 2.21. The first kappa shape index (κ1) is 17.5. The molecule has 23 heavy (non-hydrogen) atoms. The summed E-state index contributed by atoms with van der Waals surface area (Å²) in [6.45, 7) is 0.857. The van der Waals surface area contributed by atoms with E-state index < -0.39 is 11.9 Å².